The highest BCUT2D eigenvalue weighted by molar-refractivity contribution is 5.89. The Kier molecular flexibility index (Phi) is 3.30. The Morgan fingerprint density at radius 2 is 2.20 bits per heavy atom. The summed E-state index contributed by atoms with van der Waals surface area (Å²) >= 11 is 0. The zero-order chi connectivity index (χ0) is 11.6. The van der Waals surface area contributed by atoms with E-state index in [-0.39, 0.29) is 24.3 Å². The summed E-state index contributed by atoms with van der Waals surface area (Å²) in [5.74, 6) is -1.97. The molecule has 1 amide bonds. The Hall–Kier alpha value is -1.57. The lowest BCUT2D eigenvalue weighted by Gasteiger charge is -2.22. The minimum absolute atomic E-state index is 0.155. The third-order valence-electron chi connectivity index (χ3n) is 2.82. The molecule has 0 aromatic rings. The molecule has 0 aliphatic heterocycles. The van der Waals surface area contributed by atoms with E-state index >= 15 is 0 Å². The number of hydrogen-bond acceptors (Lipinski definition) is 3. The highest BCUT2D eigenvalue weighted by atomic mass is 16.4. The number of rotatable bonds is 4. The van der Waals surface area contributed by atoms with Crippen molar-refractivity contribution in [2.45, 2.75) is 25.8 Å². The highest BCUT2D eigenvalue weighted by Gasteiger charge is 2.49. The third kappa shape index (κ3) is 2.46. The molecule has 15 heavy (non-hydrogen) atoms. The smallest absolute Gasteiger partial charge is 0.307 e. The van der Waals surface area contributed by atoms with E-state index in [1.165, 1.54) is 4.90 Å². The fourth-order valence-corrected chi connectivity index (χ4v) is 1.49. The first kappa shape index (κ1) is 11.5. The van der Waals surface area contributed by atoms with Gasteiger partial charge in [0.1, 0.15) is 0 Å². The molecule has 1 aliphatic rings. The maximum absolute atomic E-state index is 11.7. The van der Waals surface area contributed by atoms with Crippen molar-refractivity contribution < 1.29 is 14.7 Å². The average Bonchev–Trinajstić information content (AvgIpc) is 2.95. The van der Waals surface area contributed by atoms with E-state index in [4.69, 9.17) is 10.4 Å². The number of carbonyl (C=O) groups excluding carboxylic acids is 1. The second-order valence-corrected chi connectivity index (χ2v) is 3.95. The van der Waals surface area contributed by atoms with Gasteiger partial charge >= 0.3 is 5.97 Å². The minimum Gasteiger partial charge on any atom is -0.481 e. The van der Waals surface area contributed by atoms with Crippen molar-refractivity contribution in [1.82, 2.24) is 4.90 Å². The van der Waals surface area contributed by atoms with Crippen molar-refractivity contribution in [2.24, 2.45) is 11.8 Å². The van der Waals surface area contributed by atoms with Crippen LogP contribution in [0.25, 0.3) is 0 Å². The van der Waals surface area contributed by atoms with E-state index in [0.29, 0.717) is 6.42 Å². The number of nitrogens with zero attached hydrogens (tertiary/aromatic N) is 2. The van der Waals surface area contributed by atoms with E-state index in [0.717, 1.165) is 0 Å². The molecule has 0 saturated heterocycles. The van der Waals surface area contributed by atoms with Crippen LogP contribution in [0.4, 0.5) is 0 Å². The van der Waals surface area contributed by atoms with Crippen LogP contribution in [0.5, 0.6) is 0 Å². The van der Waals surface area contributed by atoms with Crippen LogP contribution in [0.1, 0.15) is 19.8 Å². The zero-order valence-electron chi connectivity index (χ0n) is 8.80. The molecule has 0 spiro atoms. The number of carbonyl (C=O) groups is 2. The zero-order valence-corrected chi connectivity index (χ0v) is 8.80. The SMILES string of the molecule is CC(CC#N)N(C)C(=O)C1CC1C(=O)O. The van der Waals surface area contributed by atoms with Gasteiger partial charge in [0.15, 0.2) is 0 Å². The lowest BCUT2D eigenvalue weighted by atomic mass is 10.2. The van der Waals surface area contributed by atoms with Crippen LogP contribution in [0.2, 0.25) is 0 Å². The van der Waals surface area contributed by atoms with Crippen LogP contribution >= 0.6 is 0 Å². The molecule has 1 saturated carbocycles. The number of amides is 1. The number of nitriles is 1. The largest absolute Gasteiger partial charge is 0.481 e. The van der Waals surface area contributed by atoms with Crippen molar-refractivity contribution in [3.63, 3.8) is 0 Å². The molecule has 82 valence electrons. The predicted octanol–water partition coefficient (Wildman–Crippen LogP) is 0.468. The van der Waals surface area contributed by atoms with E-state index in [2.05, 4.69) is 0 Å². The molecule has 5 heteroatoms. The number of aliphatic carboxylic acids is 1. The van der Waals surface area contributed by atoms with Gasteiger partial charge in [-0.1, -0.05) is 0 Å². The van der Waals surface area contributed by atoms with E-state index in [1.807, 2.05) is 6.07 Å². The van der Waals surface area contributed by atoms with Crippen LogP contribution in [0.3, 0.4) is 0 Å². The average molecular weight is 210 g/mol. The van der Waals surface area contributed by atoms with Gasteiger partial charge < -0.3 is 10.0 Å². The molecular weight excluding hydrogens is 196 g/mol. The van der Waals surface area contributed by atoms with E-state index in [1.54, 1.807) is 14.0 Å². The maximum Gasteiger partial charge on any atom is 0.307 e. The topological polar surface area (TPSA) is 81.4 Å². The van der Waals surface area contributed by atoms with Gasteiger partial charge in [-0.2, -0.15) is 5.26 Å². The van der Waals surface area contributed by atoms with E-state index < -0.39 is 11.9 Å². The molecule has 0 bridgehead atoms. The van der Waals surface area contributed by atoms with Crippen molar-refractivity contribution in [1.29, 1.82) is 5.26 Å². The molecule has 1 fully saturated rings. The second kappa shape index (κ2) is 4.30. The van der Waals surface area contributed by atoms with Crippen molar-refractivity contribution in [3.05, 3.63) is 0 Å². The van der Waals surface area contributed by atoms with Gasteiger partial charge in [-0.25, -0.2) is 0 Å². The highest BCUT2D eigenvalue weighted by Crippen LogP contribution is 2.40. The Labute approximate surface area is 88.3 Å². The molecule has 0 heterocycles. The molecule has 0 aromatic heterocycles. The summed E-state index contributed by atoms with van der Waals surface area (Å²) in [6, 6.07) is 1.83. The maximum atomic E-state index is 11.7. The molecule has 1 N–H and O–H groups in total. The van der Waals surface area contributed by atoms with Gasteiger partial charge in [-0.05, 0) is 13.3 Å². The van der Waals surface area contributed by atoms with Gasteiger partial charge in [0, 0.05) is 13.1 Å². The predicted molar refractivity (Wildman–Crippen MR) is 51.7 cm³/mol. The molecule has 3 atom stereocenters. The standard InChI is InChI=1S/C10H14N2O3/c1-6(3-4-11)12(2)9(13)7-5-8(7)10(14)15/h6-8H,3,5H2,1-2H3,(H,14,15). The fraction of sp³-hybridized carbons (Fsp3) is 0.700. The lowest BCUT2D eigenvalue weighted by Crippen LogP contribution is -2.36. The van der Waals surface area contributed by atoms with Crippen molar-refractivity contribution >= 4 is 11.9 Å². The molecule has 1 aliphatic carbocycles. The van der Waals surface area contributed by atoms with Crippen LogP contribution in [0.15, 0.2) is 0 Å². The Morgan fingerprint density at radius 3 is 2.60 bits per heavy atom. The normalized spacial score (nSPS) is 25.1. The van der Waals surface area contributed by atoms with Crippen LogP contribution in [-0.2, 0) is 9.59 Å². The fourth-order valence-electron chi connectivity index (χ4n) is 1.49. The lowest BCUT2D eigenvalue weighted by molar-refractivity contribution is -0.142. The number of carboxylic acid groups (broad SMARTS) is 1. The van der Waals surface area contributed by atoms with Crippen molar-refractivity contribution in [2.75, 3.05) is 7.05 Å². The van der Waals surface area contributed by atoms with E-state index in [9.17, 15) is 9.59 Å². The summed E-state index contributed by atoms with van der Waals surface area (Å²) in [6.45, 7) is 1.78. The summed E-state index contributed by atoms with van der Waals surface area (Å²) in [6.07, 6.45) is 0.699. The van der Waals surface area contributed by atoms with Gasteiger partial charge in [0.25, 0.3) is 0 Å². The summed E-state index contributed by atoms with van der Waals surface area (Å²) in [5.41, 5.74) is 0. The van der Waals surface area contributed by atoms with Crippen LogP contribution in [0, 0.1) is 23.2 Å². The monoisotopic (exact) mass is 210 g/mol. The molecule has 0 aromatic carbocycles. The summed E-state index contributed by atoms with van der Waals surface area (Å²) in [7, 11) is 1.61. The quantitative estimate of drug-likeness (QED) is 0.731. The summed E-state index contributed by atoms with van der Waals surface area (Å²) < 4.78 is 0. The molecule has 3 unspecified atom stereocenters. The second-order valence-electron chi connectivity index (χ2n) is 3.95. The molecule has 1 rings (SSSR count). The molecule has 5 nitrogen and oxygen atoms in total. The van der Waals surface area contributed by atoms with Crippen molar-refractivity contribution in [3.8, 4) is 6.07 Å². The van der Waals surface area contributed by atoms with Crippen LogP contribution < -0.4 is 0 Å². The van der Waals surface area contributed by atoms with Gasteiger partial charge in [-0.15, -0.1) is 0 Å². The Bertz CT molecular complexity index is 321. The first-order chi connectivity index (χ1) is 6.99. The first-order valence-corrected chi connectivity index (χ1v) is 4.85. The summed E-state index contributed by atoms with van der Waals surface area (Å²) in [4.78, 5) is 23.7. The third-order valence-corrected chi connectivity index (χ3v) is 2.82. The Morgan fingerprint density at radius 1 is 1.60 bits per heavy atom. The molecule has 0 radical (unpaired) electrons. The first-order valence-electron chi connectivity index (χ1n) is 4.85. The summed E-state index contributed by atoms with van der Waals surface area (Å²) in [5, 5.41) is 17.2. The Balaban J connectivity index is 2.49. The number of hydrogen-bond donors (Lipinski definition) is 1. The van der Waals surface area contributed by atoms with Gasteiger partial charge in [-0.3, -0.25) is 9.59 Å². The van der Waals surface area contributed by atoms with Crippen LogP contribution in [-0.4, -0.2) is 35.0 Å². The number of carboxylic acids is 1. The van der Waals surface area contributed by atoms with Gasteiger partial charge in [0.05, 0.1) is 24.3 Å². The van der Waals surface area contributed by atoms with Gasteiger partial charge in [0.2, 0.25) is 5.91 Å². The minimum atomic E-state index is -0.908. The molecular formula is C10H14N2O3.